The molecule has 29 heavy (non-hydrogen) atoms. The van der Waals surface area contributed by atoms with Gasteiger partial charge in [-0.3, -0.25) is 0 Å². The molecule has 1 rings (SSSR count). The van der Waals surface area contributed by atoms with Crippen molar-refractivity contribution < 1.29 is 24.8 Å². The summed E-state index contributed by atoms with van der Waals surface area (Å²) in [5.74, 6) is 0. The van der Waals surface area contributed by atoms with E-state index in [9.17, 15) is 10.2 Å². The fraction of sp³-hybridized carbons (Fsp3) is 0.917. The zero-order valence-electron chi connectivity index (χ0n) is 18.6. The van der Waals surface area contributed by atoms with Crippen LogP contribution in [0.3, 0.4) is 0 Å². The fourth-order valence-electron chi connectivity index (χ4n) is 3.91. The third-order valence-corrected chi connectivity index (χ3v) is 5.82. The smallest absolute Gasteiger partial charge is 0.114 e. The number of ether oxygens (including phenoxy) is 2. The number of aliphatic hydroxyl groups is 3. The highest BCUT2D eigenvalue weighted by molar-refractivity contribution is 4.88. The van der Waals surface area contributed by atoms with Crippen molar-refractivity contribution in [1.82, 2.24) is 0 Å². The van der Waals surface area contributed by atoms with Crippen molar-refractivity contribution in [2.24, 2.45) is 0 Å². The van der Waals surface area contributed by atoms with Crippen LogP contribution in [0.15, 0.2) is 12.2 Å². The molecule has 0 aromatic carbocycles. The molecule has 0 aliphatic carbocycles. The molecule has 0 amide bonds. The molecular weight excluding hydrogens is 368 g/mol. The van der Waals surface area contributed by atoms with E-state index < -0.39 is 31.0 Å². The number of unbranched alkanes of at least 4 members (excludes halogenated alkanes) is 13. The highest BCUT2D eigenvalue weighted by atomic mass is 16.6. The molecule has 0 radical (unpaired) electrons. The highest BCUT2D eigenvalue weighted by Gasteiger charge is 2.40. The summed E-state index contributed by atoms with van der Waals surface area (Å²) in [5.41, 5.74) is 0. The van der Waals surface area contributed by atoms with E-state index in [1.165, 1.54) is 77.0 Å². The van der Waals surface area contributed by atoms with E-state index in [2.05, 4.69) is 19.1 Å². The first kappa shape index (κ1) is 26.6. The third kappa shape index (κ3) is 12.7. The summed E-state index contributed by atoms with van der Waals surface area (Å²) in [6.45, 7) is 2.57. The van der Waals surface area contributed by atoms with Crippen molar-refractivity contribution in [1.29, 1.82) is 0 Å². The second-order valence-corrected chi connectivity index (χ2v) is 8.40. The molecular formula is C24H46O5. The second kappa shape index (κ2) is 18.3. The van der Waals surface area contributed by atoms with Gasteiger partial charge in [-0.05, 0) is 26.2 Å². The number of rotatable bonds is 19. The summed E-state index contributed by atoms with van der Waals surface area (Å²) in [4.78, 5) is 0. The quantitative estimate of drug-likeness (QED) is 0.214. The van der Waals surface area contributed by atoms with Gasteiger partial charge in [0.05, 0.1) is 13.2 Å². The van der Waals surface area contributed by atoms with Gasteiger partial charge in [0.2, 0.25) is 0 Å². The van der Waals surface area contributed by atoms with Gasteiger partial charge < -0.3 is 24.8 Å². The van der Waals surface area contributed by atoms with Crippen LogP contribution in [0.5, 0.6) is 0 Å². The van der Waals surface area contributed by atoms with E-state index >= 15 is 0 Å². The zero-order valence-corrected chi connectivity index (χ0v) is 18.6. The molecule has 0 unspecified atom stereocenters. The van der Waals surface area contributed by atoms with Gasteiger partial charge in [0.25, 0.3) is 0 Å². The maximum atomic E-state index is 10.1. The van der Waals surface area contributed by atoms with Crippen LogP contribution in [-0.2, 0) is 9.47 Å². The first-order valence-electron chi connectivity index (χ1n) is 12.0. The maximum absolute atomic E-state index is 10.1. The lowest BCUT2D eigenvalue weighted by Gasteiger charge is -2.20. The Balaban J connectivity index is 1.80. The Morgan fingerprint density at radius 1 is 0.897 bits per heavy atom. The average Bonchev–Trinajstić information content (AvgIpc) is 3.10. The van der Waals surface area contributed by atoms with Crippen molar-refractivity contribution >= 4 is 0 Å². The van der Waals surface area contributed by atoms with Crippen LogP contribution in [0, 0.1) is 0 Å². The number of allylic oxidation sites excluding steroid dienone is 2. The molecule has 0 aromatic heterocycles. The second-order valence-electron chi connectivity index (χ2n) is 8.40. The van der Waals surface area contributed by atoms with Crippen LogP contribution < -0.4 is 0 Å². The Bertz CT molecular complexity index is 387. The van der Waals surface area contributed by atoms with E-state index in [0.717, 1.165) is 12.8 Å². The predicted octanol–water partition coefficient (Wildman–Crippen LogP) is 4.52. The minimum atomic E-state index is -1.05. The summed E-state index contributed by atoms with van der Waals surface area (Å²) in [6.07, 6.45) is 19.7. The van der Waals surface area contributed by atoms with Crippen LogP contribution in [0.2, 0.25) is 0 Å². The summed E-state index contributed by atoms with van der Waals surface area (Å²) < 4.78 is 11.0. The van der Waals surface area contributed by atoms with E-state index in [1.54, 1.807) is 0 Å². The summed E-state index contributed by atoms with van der Waals surface area (Å²) in [6, 6.07) is 0. The molecule has 1 aliphatic heterocycles. The van der Waals surface area contributed by atoms with Gasteiger partial charge in [-0.2, -0.15) is 0 Å². The van der Waals surface area contributed by atoms with Crippen molar-refractivity contribution in [2.75, 3.05) is 19.8 Å². The lowest BCUT2D eigenvalue weighted by atomic mass is 10.0. The van der Waals surface area contributed by atoms with Crippen LogP contribution in [-0.4, -0.2) is 59.6 Å². The summed E-state index contributed by atoms with van der Waals surface area (Å²) in [5, 5.41) is 28.6. The molecule has 172 valence electrons. The normalized spacial score (nSPS) is 23.2. The van der Waals surface area contributed by atoms with Gasteiger partial charge >= 0.3 is 0 Å². The molecule has 1 saturated heterocycles. The van der Waals surface area contributed by atoms with E-state index in [-0.39, 0.29) is 6.61 Å². The van der Waals surface area contributed by atoms with Crippen LogP contribution in [0.4, 0.5) is 0 Å². The van der Waals surface area contributed by atoms with Crippen molar-refractivity contribution in [2.45, 2.75) is 121 Å². The van der Waals surface area contributed by atoms with Crippen molar-refractivity contribution in [3.05, 3.63) is 12.2 Å². The lowest BCUT2D eigenvalue weighted by molar-refractivity contribution is -0.0730. The Labute approximate surface area is 178 Å². The summed E-state index contributed by atoms with van der Waals surface area (Å²) in [7, 11) is 0. The highest BCUT2D eigenvalue weighted by Crippen LogP contribution is 2.20. The predicted molar refractivity (Wildman–Crippen MR) is 118 cm³/mol. The standard InChI is InChI=1S/C24H46O5/c1-2-3-4-5-6-7-8-9-10-11-12-13-14-15-16-17-18-28-22-20-29-24(23(22)27)21(26)19-25/h2-3,21-27H,4-20H2,1H3/b3-2+/t21-,22+,23-,24-/m1/s1. The minimum absolute atomic E-state index is 0.277. The molecule has 0 aromatic rings. The minimum Gasteiger partial charge on any atom is -0.394 e. The fourth-order valence-corrected chi connectivity index (χ4v) is 3.91. The molecule has 0 saturated carbocycles. The Morgan fingerprint density at radius 2 is 1.41 bits per heavy atom. The Kier molecular flexibility index (Phi) is 16.8. The SMILES string of the molecule is C/C=C/CCCCCCCCCCCCCCCO[C@H]1CO[C@H]([C@H](O)CO)[C@@H]1O. The molecule has 5 heteroatoms. The molecule has 5 nitrogen and oxygen atoms in total. The molecule has 0 spiro atoms. The number of hydrogen-bond donors (Lipinski definition) is 3. The lowest BCUT2D eigenvalue weighted by Crippen LogP contribution is -2.41. The van der Waals surface area contributed by atoms with Crippen LogP contribution in [0.25, 0.3) is 0 Å². The van der Waals surface area contributed by atoms with Gasteiger partial charge in [0.15, 0.2) is 0 Å². The van der Waals surface area contributed by atoms with Gasteiger partial charge in [0.1, 0.15) is 24.4 Å². The molecule has 1 fully saturated rings. The summed E-state index contributed by atoms with van der Waals surface area (Å²) >= 11 is 0. The first-order chi connectivity index (χ1) is 14.2. The van der Waals surface area contributed by atoms with Gasteiger partial charge in [-0.15, -0.1) is 0 Å². The van der Waals surface area contributed by atoms with Crippen LogP contribution >= 0.6 is 0 Å². The van der Waals surface area contributed by atoms with Gasteiger partial charge in [0, 0.05) is 6.61 Å². The average molecular weight is 415 g/mol. The van der Waals surface area contributed by atoms with Gasteiger partial charge in [-0.25, -0.2) is 0 Å². The van der Waals surface area contributed by atoms with Crippen molar-refractivity contribution in [3.8, 4) is 0 Å². The molecule has 1 heterocycles. The molecule has 3 N–H and O–H groups in total. The van der Waals surface area contributed by atoms with E-state index in [1.807, 2.05) is 0 Å². The topological polar surface area (TPSA) is 79.2 Å². The van der Waals surface area contributed by atoms with E-state index in [4.69, 9.17) is 14.6 Å². The maximum Gasteiger partial charge on any atom is 0.114 e. The van der Waals surface area contributed by atoms with E-state index in [0.29, 0.717) is 6.61 Å². The molecule has 1 aliphatic rings. The first-order valence-corrected chi connectivity index (χ1v) is 12.0. The third-order valence-electron chi connectivity index (χ3n) is 5.82. The Morgan fingerprint density at radius 3 is 1.93 bits per heavy atom. The Hall–Kier alpha value is -0.460. The monoisotopic (exact) mass is 414 g/mol. The molecule has 4 atom stereocenters. The number of aliphatic hydroxyl groups excluding tert-OH is 3. The van der Waals surface area contributed by atoms with Crippen LogP contribution in [0.1, 0.15) is 96.8 Å². The van der Waals surface area contributed by atoms with Crippen molar-refractivity contribution in [3.63, 3.8) is 0 Å². The van der Waals surface area contributed by atoms with Gasteiger partial charge in [-0.1, -0.05) is 82.8 Å². The molecule has 0 bridgehead atoms. The zero-order chi connectivity index (χ0) is 21.2. The number of hydrogen-bond acceptors (Lipinski definition) is 5. The largest absolute Gasteiger partial charge is 0.394 e.